The van der Waals surface area contributed by atoms with E-state index in [1.807, 2.05) is 0 Å². The molecule has 0 aromatic rings. The monoisotopic (exact) mass is 353 g/mol. The molecule has 0 bridgehead atoms. The molecule has 3 N–H and O–H groups in total. The van der Waals surface area contributed by atoms with Crippen LogP contribution < -0.4 is 5.32 Å². The van der Waals surface area contributed by atoms with Gasteiger partial charge in [0.05, 0.1) is 0 Å². The molecule has 0 heterocycles. The lowest BCUT2D eigenvalue weighted by Gasteiger charge is -2.12. The molecule has 1 atom stereocenters. The van der Waals surface area contributed by atoms with Crippen LogP contribution in [-0.4, -0.2) is 53.9 Å². The molecule has 1 unspecified atom stereocenters. The van der Waals surface area contributed by atoms with Crippen molar-refractivity contribution in [1.82, 2.24) is 5.32 Å². The number of carbonyl (C=O) groups is 3. The van der Waals surface area contributed by atoms with E-state index in [4.69, 9.17) is 10.00 Å². The number of halogens is 3. The van der Waals surface area contributed by atoms with Gasteiger partial charge in [0.1, 0.15) is 12.7 Å². The van der Waals surface area contributed by atoms with Gasteiger partial charge in [0.15, 0.2) is 6.61 Å². The third-order valence-electron chi connectivity index (χ3n) is 1.57. The number of esters is 1. The SMILES string of the molecule is O=C(O)COP(=O)(O)CNC(=O)OCOC(=O)CC(F)(F)F. The summed E-state index contributed by atoms with van der Waals surface area (Å²) >= 11 is 0. The van der Waals surface area contributed by atoms with E-state index in [2.05, 4.69) is 14.0 Å². The summed E-state index contributed by atoms with van der Waals surface area (Å²) in [7, 11) is -4.43. The molecule has 0 aromatic heterocycles. The fourth-order valence-electron chi connectivity index (χ4n) is 0.781. The van der Waals surface area contributed by atoms with Gasteiger partial charge in [-0.25, -0.2) is 9.59 Å². The van der Waals surface area contributed by atoms with Gasteiger partial charge in [-0.15, -0.1) is 0 Å². The van der Waals surface area contributed by atoms with E-state index in [0.29, 0.717) is 0 Å². The van der Waals surface area contributed by atoms with Gasteiger partial charge in [-0.3, -0.25) is 13.9 Å². The zero-order chi connectivity index (χ0) is 17.4. The Labute approximate surface area is 120 Å². The van der Waals surface area contributed by atoms with Crippen molar-refractivity contribution in [3.05, 3.63) is 0 Å². The largest absolute Gasteiger partial charge is 0.480 e. The van der Waals surface area contributed by atoms with Crippen LogP contribution in [0.15, 0.2) is 0 Å². The minimum atomic E-state index is -4.77. The van der Waals surface area contributed by atoms with E-state index in [9.17, 15) is 32.1 Å². The molecular weight excluding hydrogens is 342 g/mol. The highest BCUT2D eigenvalue weighted by atomic mass is 31.2. The van der Waals surface area contributed by atoms with Crippen LogP contribution in [0, 0.1) is 0 Å². The van der Waals surface area contributed by atoms with E-state index >= 15 is 0 Å². The topological polar surface area (TPSA) is 148 Å². The normalized spacial score (nSPS) is 13.8. The maximum atomic E-state index is 11.7. The van der Waals surface area contributed by atoms with Crippen molar-refractivity contribution in [3.8, 4) is 0 Å². The number of hydrogen-bond acceptors (Lipinski definition) is 7. The number of hydrogen-bond donors (Lipinski definition) is 3. The molecule has 0 aromatic carbocycles. The second-order valence-electron chi connectivity index (χ2n) is 3.50. The predicted octanol–water partition coefficient (Wildman–Crippen LogP) is 0.410. The second kappa shape index (κ2) is 8.56. The summed E-state index contributed by atoms with van der Waals surface area (Å²) in [6.45, 7) is -2.23. The van der Waals surface area contributed by atoms with Crippen molar-refractivity contribution < 1.29 is 56.1 Å². The Kier molecular flexibility index (Phi) is 7.84. The number of alkyl halides is 3. The Hall–Kier alpha value is -1.85. The van der Waals surface area contributed by atoms with Crippen molar-refractivity contribution in [2.24, 2.45) is 0 Å². The summed E-state index contributed by atoms with van der Waals surface area (Å²) in [5.41, 5.74) is 0. The van der Waals surface area contributed by atoms with Crippen molar-refractivity contribution >= 4 is 25.6 Å². The first-order chi connectivity index (χ1) is 9.91. The van der Waals surface area contributed by atoms with Crippen LogP contribution in [-0.2, 0) is 28.2 Å². The highest BCUT2D eigenvalue weighted by Crippen LogP contribution is 2.39. The van der Waals surface area contributed by atoms with Gasteiger partial charge in [0, 0.05) is 0 Å². The van der Waals surface area contributed by atoms with Gasteiger partial charge in [0.25, 0.3) is 0 Å². The van der Waals surface area contributed by atoms with Crippen molar-refractivity contribution in [1.29, 1.82) is 0 Å². The van der Waals surface area contributed by atoms with Gasteiger partial charge in [-0.05, 0) is 0 Å². The highest BCUT2D eigenvalue weighted by molar-refractivity contribution is 7.52. The summed E-state index contributed by atoms with van der Waals surface area (Å²) in [6.07, 6.45) is -9.06. The smallest absolute Gasteiger partial charge is 0.410 e. The first-order valence-electron chi connectivity index (χ1n) is 5.22. The quantitative estimate of drug-likeness (QED) is 0.320. The fourth-order valence-corrected chi connectivity index (χ4v) is 1.51. The molecular formula is C8H11F3NO9P. The Morgan fingerprint density at radius 2 is 1.77 bits per heavy atom. The van der Waals surface area contributed by atoms with Gasteiger partial charge >= 0.3 is 31.8 Å². The lowest BCUT2D eigenvalue weighted by atomic mass is 10.4. The lowest BCUT2D eigenvalue weighted by molar-refractivity contribution is -0.177. The summed E-state index contributed by atoms with van der Waals surface area (Å²) < 4.78 is 58.4. The first kappa shape index (κ1) is 20.1. The maximum absolute atomic E-state index is 11.7. The van der Waals surface area contributed by atoms with Crippen LogP contribution in [0.5, 0.6) is 0 Å². The number of alkyl carbamates (subject to hydrolysis) is 1. The molecule has 0 aliphatic rings. The summed E-state index contributed by atoms with van der Waals surface area (Å²) in [4.78, 5) is 40.7. The third-order valence-corrected chi connectivity index (χ3v) is 2.66. The highest BCUT2D eigenvalue weighted by Gasteiger charge is 2.32. The molecule has 0 aliphatic carbocycles. The zero-order valence-electron chi connectivity index (χ0n) is 10.7. The Morgan fingerprint density at radius 3 is 2.27 bits per heavy atom. The molecule has 0 spiro atoms. The number of carboxylic acid groups (broad SMARTS) is 1. The van der Waals surface area contributed by atoms with Crippen LogP contribution in [0.1, 0.15) is 6.42 Å². The van der Waals surface area contributed by atoms with Gasteiger partial charge in [-0.2, -0.15) is 13.2 Å². The van der Waals surface area contributed by atoms with Gasteiger partial charge in [-0.1, -0.05) is 0 Å². The molecule has 10 nitrogen and oxygen atoms in total. The standard InChI is InChI=1S/C8H11F3NO9P/c9-8(10,11)1-6(15)19-4-20-7(16)12-3-22(17,18)21-2-5(13)14/h1-4H2,(H,12,16)(H,13,14)(H,17,18). The number of amides is 1. The molecule has 0 radical (unpaired) electrons. The second-order valence-corrected chi connectivity index (χ2v) is 5.35. The number of aliphatic carboxylic acids is 1. The van der Waals surface area contributed by atoms with Crippen LogP contribution in [0.3, 0.4) is 0 Å². The fraction of sp³-hybridized carbons (Fsp3) is 0.625. The van der Waals surface area contributed by atoms with Gasteiger partial charge < -0.3 is 24.8 Å². The number of rotatable bonds is 8. The molecule has 22 heavy (non-hydrogen) atoms. The van der Waals surface area contributed by atoms with Crippen LogP contribution >= 0.6 is 7.60 Å². The minimum absolute atomic E-state index is 1.02. The van der Waals surface area contributed by atoms with E-state index in [1.165, 1.54) is 0 Å². The number of ether oxygens (including phenoxy) is 2. The molecule has 0 rings (SSSR count). The average molecular weight is 353 g/mol. The molecule has 0 saturated heterocycles. The molecule has 14 heteroatoms. The van der Waals surface area contributed by atoms with E-state index in [-0.39, 0.29) is 0 Å². The minimum Gasteiger partial charge on any atom is -0.480 e. The summed E-state index contributed by atoms with van der Waals surface area (Å²) in [5.74, 6) is -3.20. The van der Waals surface area contributed by atoms with E-state index in [0.717, 1.165) is 0 Å². The zero-order valence-corrected chi connectivity index (χ0v) is 11.6. The van der Waals surface area contributed by atoms with Crippen LogP contribution in [0.25, 0.3) is 0 Å². The van der Waals surface area contributed by atoms with Crippen molar-refractivity contribution in [2.45, 2.75) is 12.6 Å². The average Bonchev–Trinajstić information content (AvgIpc) is 2.32. The van der Waals surface area contributed by atoms with E-state index in [1.54, 1.807) is 5.32 Å². The molecule has 0 fully saturated rings. The van der Waals surface area contributed by atoms with E-state index < -0.39 is 57.9 Å². The Bertz CT molecular complexity index is 466. The number of carboxylic acids is 1. The Balaban J connectivity index is 3.93. The van der Waals surface area contributed by atoms with Crippen molar-refractivity contribution in [3.63, 3.8) is 0 Å². The molecule has 1 amide bonds. The predicted molar refractivity (Wildman–Crippen MR) is 59.5 cm³/mol. The third kappa shape index (κ3) is 11.9. The molecule has 128 valence electrons. The number of nitrogens with one attached hydrogen (secondary N) is 1. The first-order valence-corrected chi connectivity index (χ1v) is 6.99. The molecule has 0 aliphatic heterocycles. The number of carbonyl (C=O) groups excluding carboxylic acids is 2. The maximum Gasteiger partial charge on any atom is 0.410 e. The van der Waals surface area contributed by atoms with Gasteiger partial charge in [0.2, 0.25) is 6.79 Å². The molecule has 0 saturated carbocycles. The van der Waals surface area contributed by atoms with Crippen molar-refractivity contribution in [2.75, 3.05) is 19.7 Å². The summed E-state index contributed by atoms with van der Waals surface area (Å²) in [6, 6.07) is 0. The lowest BCUT2D eigenvalue weighted by Crippen LogP contribution is -2.28. The van der Waals surface area contributed by atoms with Crippen LogP contribution in [0.4, 0.5) is 18.0 Å². The van der Waals surface area contributed by atoms with Crippen LogP contribution in [0.2, 0.25) is 0 Å². The Morgan fingerprint density at radius 1 is 1.18 bits per heavy atom. The summed E-state index contributed by atoms with van der Waals surface area (Å²) in [5, 5.41) is 9.87.